The lowest BCUT2D eigenvalue weighted by molar-refractivity contribution is -0.00683. The molecule has 0 saturated carbocycles. The number of benzene rings is 2. The molecule has 0 amide bonds. The molecule has 188 valence electrons. The standard InChI is InChI=1S/C24H26O11/c25-21(26)17-5-1-3-7-19(17)23(29)34-15-13-32-11-9-31-10-12-33-14-16-35-24(30)20-8-4-2-6-18(20)22(27)28/h1-8H,9-16H2,(H,25,26)(H,27,28). The fourth-order valence-corrected chi connectivity index (χ4v) is 2.78. The van der Waals surface area contributed by atoms with Crippen LogP contribution in [0.5, 0.6) is 0 Å². The Hall–Kier alpha value is -3.80. The minimum Gasteiger partial charge on any atom is -0.478 e. The second-order valence-electron chi connectivity index (χ2n) is 6.81. The zero-order valence-corrected chi connectivity index (χ0v) is 18.8. The van der Waals surface area contributed by atoms with E-state index in [1.807, 2.05) is 0 Å². The number of ether oxygens (including phenoxy) is 5. The highest BCUT2D eigenvalue weighted by Gasteiger charge is 2.17. The van der Waals surface area contributed by atoms with Gasteiger partial charge in [0.1, 0.15) is 13.2 Å². The monoisotopic (exact) mass is 490 g/mol. The summed E-state index contributed by atoms with van der Waals surface area (Å²) in [6, 6.07) is 11.6. The molecule has 0 aliphatic rings. The molecule has 2 rings (SSSR count). The summed E-state index contributed by atoms with van der Waals surface area (Å²) in [7, 11) is 0. The lowest BCUT2D eigenvalue weighted by Crippen LogP contribution is -2.17. The van der Waals surface area contributed by atoms with Crippen molar-refractivity contribution in [2.75, 3.05) is 52.9 Å². The maximum Gasteiger partial charge on any atom is 0.339 e. The number of carboxylic acids is 2. The van der Waals surface area contributed by atoms with Crippen LogP contribution in [0.2, 0.25) is 0 Å². The molecule has 0 unspecified atom stereocenters. The highest BCUT2D eigenvalue weighted by atomic mass is 16.6. The summed E-state index contributed by atoms with van der Waals surface area (Å²) >= 11 is 0. The van der Waals surface area contributed by atoms with E-state index in [1.165, 1.54) is 36.4 Å². The van der Waals surface area contributed by atoms with Crippen molar-refractivity contribution in [3.05, 3.63) is 70.8 Å². The van der Waals surface area contributed by atoms with Crippen LogP contribution >= 0.6 is 0 Å². The van der Waals surface area contributed by atoms with E-state index in [0.717, 1.165) is 0 Å². The highest BCUT2D eigenvalue weighted by Crippen LogP contribution is 2.11. The molecule has 0 aliphatic heterocycles. The van der Waals surface area contributed by atoms with Gasteiger partial charge in [0.25, 0.3) is 0 Å². The smallest absolute Gasteiger partial charge is 0.339 e. The number of hydrogen-bond donors (Lipinski definition) is 2. The van der Waals surface area contributed by atoms with E-state index in [-0.39, 0.29) is 75.1 Å². The van der Waals surface area contributed by atoms with Gasteiger partial charge >= 0.3 is 23.9 Å². The topological polar surface area (TPSA) is 155 Å². The molecular formula is C24H26O11. The van der Waals surface area contributed by atoms with E-state index in [9.17, 15) is 19.2 Å². The van der Waals surface area contributed by atoms with Crippen LogP contribution in [0.1, 0.15) is 41.4 Å². The van der Waals surface area contributed by atoms with Crippen molar-refractivity contribution in [3.8, 4) is 0 Å². The molecule has 0 bridgehead atoms. The zero-order valence-electron chi connectivity index (χ0n) is 18.8. The lowest BCUT2D eigenvalue weighted by Gasteiger charge is -2.09. The average Bonchev–Trinajstić information content (AvgIpc) is 2.86. The van der Waals surface area contributed by atoms with Crippen LogP contribution in [-0.4, -0.2) is 86.9 Å². The van der Waals surface area contributed by atoms with Gasteiger partial charge in [-0.2, -0.15) is 0 Å². The number of hydrogen-bond acceptors (Lipinski definition) is 9. The van der Waals surface area contributed by atoms with E-state index < -0.39 is 23.9 Å². The Kier molecular flexibility index (Phi) is 11.9. The summed E-state index contributed by atoms with van der Waals surface area (Å²) in [5, 5.41) is 18.2. The molecule has 35 heavy (non-hydrogen) atoms. The van der Waals surface area contributed by atoms with Gasteiger partial charge < -0.3 is 33.9 Å². The van der Waals surface area contributed by atoms with Crippen molar-refractivity contribution in [2.45, 2.75) is 0 Å². The summed E-state index contributed by atoms with van der Waals surface area (Å²) in [5.41, 5.74) is -0.308. The second-order valence-corrected chi connectivity index (χ2v) is 6.81. The Morgan fingerprint density at radius 3 is 1.09 bits per heavy atom. The molecule has 0 heterocycles. The first-order valence-electron chi connectivity index (χ1n) is 10.6. The third kappa shape index (κ3) is 9.53. The molecule has 2 N–H and O–H groups in total. The zero-order chi connectivity index (χ0) is 25.5. The van der Waals surface area contributed by atoms with Crippen molar-refractivity contribution < 1.29 is 53.1 Å². The van der Waals surface area contributed by atoms with Gasteiger partial charge in [-0.05, 0) is 24.3 Å². The van der Waals surface area contributed by atoms with Crippen LogP contribution in [0.3, 0.4) is 0 Å². The van der Waals surface area contributed by atoms with Gasteiger partial charge in [0.2, 0.25) is 0 Å². The van der Waals surface area contributed by atoms with Crippen molar-refractivity contribution >= 4 is 23.9 Å². The molecule has 0 atom stereocenters. The number of carboxylic acid groups (broad SMARTS) is 2. The molecule has 0 radical (unpaired) electrons. The van der Waals surface area contributed by atoms with E-state index in [0.29, 0.717) is 0 Å². The number of rotatable bonds is 16. The van der Waals surface area contributed by atoms with E-state index in [2.05, 4.69) is 0 Å². The van der Waals surface area contributed by atoms with Gasteiger partial charge in [-0.3, -0.25) is 0 Å². The van der Waals surface area contributed by atoms with Crippen LogP contribution in [-0.2, 0) is 23.7 Å². The molecule has 0 saturated heterocycles. The van der Waals surface area contributed by atoms with Gasteiger partial charge in [-0.25, -0.2) is 19.2 Å². The minimum absolute atomic E-state index is 0.0248. The lowest BCUT2D eigenvalue weighted by atomic mass is 10.1. The Balaban J connectivity index is 1.46. The van der Waals surface area contributed by atoms with E-state index >= 15 is 0 Å². The van der Waals surface area contributed by atoms with Gasteiger partial charge in [0.05, 0.1) is 61.9 Å². The fraction of sp³-hybridized carbons (Fsp3) is 0.333. The molecular weight excluding hydrogens is 464 g/mol. The van der Waals surface area contributed by atoms with Gasteiger partial charge in [0, 0.05) is 0 Å². The predicted molar refractivity (Wildman–Crippen MR) is 120 cm³/mol. The minimum atomic E-state index is -1.21. The maximum absolute atomic E-state index is 12.0. The van der Waals surface area contributed by atoms with Crippen molar-refractivity contribution in [1.29, 1.82) is 0 Å². The van der Waals surface area contributed by atoms with Gasteiger partial charge in [-0.15, -0.1) is 0 Å². The Morgan fingerprint density at radius 2 is 0.771 bits per heavy atom. The van der Waals surface area contributed by atoms with E-state index in [1.54, 1.807) is 12.1 Å². The van der Waals surface area contributed by atoms with Crippen LogP contribution < -0.4 is 0 Å². The Bertz CT molecular complexity index is 923. The summed E-state index contributed by atoms with van der Waals surface area (Å²) in [6.07, 6.45) is 0. The Morgan fingerprint density at radius 1 is 0.486 bits per heavy atom. The molecule has 0 spiro atoms. The predicted octanol–water partition coefficient (Wildman–Crippen LogP) is 2.15. The molecule has 11 heteroatoms. The second kappa shape index (κ2) is 15.2. The first kappa shape index (κ1) is 27.4. The molecule has 11 nitrogen and oxygen atoms in total. The quantitative estimate of drug-likeness (QED) is 0.263. The SMILES string of the molecule is O=C(O)c1ccccc1C(=O)OCCOCCOCCOCCOC(=O)c1ccccc1C(=O)O. The van der Waals surface area contributed by atoms with Crippen molar-refractivity contribution in [1.82, 2.24) is 0 Å². The molecule has 2 aromatic rings. The van der Waals surface area contributed by atoms with Gasteiger partial charge in [0.15, 0.2) is 0 Å². The first-order valence-corrected chi connectivity index (χ1v) is 10.6. The summed E-state index contributed by atoms with van der Waals surface area (Å²) < 4.78 is 25.9. The Labute approximate surface area is 201 Å². The van der Waals surface area contributed by atoms with Crippen LogP contribution in [0.25, 0.3) is 0 Å². The molecule has 0 aliphatic carbocycles. The third-order valence-corrected chi connectivity index (χ3v) is 4.42. The van der Waals surface area contributed by atoms with Crippen molar-refractivity contribution in [3.63, 3.8) is 0 Å². The normalized spacial score (nSPS) is 10.5. The highest BCUT2D eigenvalue weighted by molar-refractivity contribution is 6.03. The fourth-order valence-electron chi connectivity index (χ4n) is 2.78. The van der Waals surface area contributed by atoms with Crippen molar-refractivity contribution in [2.24, 2.45) is 0 Å². The number of aromatic carboxylic acids is 2. The largest absolute Gasteiger partial charge is 0.478 e. The van der Waals surface area contributed by atoms with E-state index in [4.69, 9.17) is 33.9 Å². The summed E-state index contributed by atoms with van der Waals surface area (Å²) in [6.45, 7) is 1.24. The number of carbonyl (C=O) groups excluding carboxylic acids is 2. The third-order valence-electron chi connectivity index (χ3n) is 4.42. The summed E-state index contributed by atoms with van der Waals surface area (Å²) in [5.74, 6) is -3.90. The first-order chi connectivity index (χ1) is 16.9. The van der Waals surface area contributed by atoms with Crippen LogP contribution in [0, 0.1) is 0 Å². The molecule has 2 aromatic carbocycles. The molecule has 0 aromatic heterocycles. The van der Waals surface area contributed by atoms with Crippen LogP contribution in [0.15, 0.2) is 48.5 Å². The van der Waals surface area contributed by atoms with Crippen LogP contribution in [0.4, 0.5) is 0 Å². The summed E-state index contributed by atoms with van der Waals surface area (Å²) in [4.78, 5) is 46.2. The average molecular weight is 490 g/mol. The molecule has 0 fully saturated rings. The maximum atomic E-state index is 12.0. The number of carbonyl (C=O) groups is 4. The van der Waals surface area contributed by atoms with Gasteiger partial charge in [-0.1, -0.05) is 24.3 Å². The number of esters is 2.